The number of methoxy groups -OCH3 is 1. The Morgan fingerprint density at radius 3 is 2.10 bits per heavy atom. The van der Waals surface area contributed by atoms with Crippen molar-refractivity contribution in [3.05, 3.63) is 29.8 Å². The van der Waals surface area contributed by atoms with E-state index >= 15 is 0 Å². The SMILES string of the molecule is CC[C@@H](C)[C@H](NC=O)C(=O)N[C@@H]1C(=O)N[C@H](Cc2ccc(OC)cc2)C(=O)N[C@H](C(C)C)C(=O)N2NC[C@@H](O)C[C@H]2C(=O)N[C@@H](CC(C)C)C(=O)N(C)[C@@H](C(C)C)C(=O)O[C@@H]1C. The molecule has 2 aliphatic rings. The molecule has 0 aromatic heterocycles. The van der Waals surface area contributed by atoms with Crippen molar-refractivity contribution in [1.82, 2.24) is 41.9 Å². The summed E-state index contributed by atoms with van der Waals surface area (Å²) < 4.78 is 11.2. The number of benzene rings is 1. The van der Waals surface area contributed by atoms with Gasteiger partial charge in [0.25, 0.3) is 5.91 Å². The molecule has 2 saturated heterocycles. The average molecular weight is 873 g/mol. The molecule has 19 nitrogen and oxygen atoms in total. The number of rotatable bonds is 13. The third-order valence-corrected chi connectivity index (χ3v) is 11.4. The number of ether oxygens (including phenoxy) is 2. The highest BCUT2D eigenvalue weighted by Gasteiger charge is 2.44. The third-order valence-electron chi connectivity index (χ3n) is 11.4. The van der Waals surface area contributed by atoms with E-state index in [4.69, 9.17) is 9.47 Å². The molecule has 2 fully saturated rings. The third kappa shape index (κ3) is 13.3. The number of likely N-dealkylation sites (N-methyl/N-ethyl adjacent to an activating group) is 1. The fourth-order valence-electron chi connectivity index (χ4n) is 7.59. The maximum atomic E-state index is 14.6. The fourth-order valence-corrected chi connectivity index (χ4v) is 7.59. The standard InChI is InChI=1S/C43H68N8O11/c1-12-25(8)34(44-21-52)39(56)49-35-26(9)62-43(60)36(24(6)7)50(10)41(58)31(17-22(2)3)47-38(55)32-19-28(53)20-45-51(32)42(59)33(23(4)5)48-37(54)30(46-40(35)57)18-27-13-15-29(61-11)16-14-27/h13-16,21-26,28,30-36,45,53H,12,17-20H2,1-11H3,(H,44,52)(H,46,57)(H,47,55)(H,48,54)(H,49,56)/t25-,26-,28+,30-,31+,32+,33-,34+,35+,36+/m1/s1. The number of fused-ring (bicyclic) bond motifs is 1. The van der Waals surface area contributed by atoms with Crippen molar-refractivity contribution >= 4 is 47.8 Å². The molecule has 7 amide bonds. The van der Waals surface area contributed by atoms with Crippen LogP contribution in [0.4, 0.5) is 0 Å². The number of aliphatic hydroxyl groups excluding tert-OH is 1. The summed E-state index contributed by atoms with van der Waals surface area (Å²) in [7, 11) is 2.89. The normalized spacial score (nSPS) is 27.1. The Kier molecular flexibility index (Phi) is 19.1. The molecule has 3 rings (SSSR count). The van der Waals surface area contributed by atoms with E-state index in [1.807, 2.05) is 20.8 Å². The Morgan fingerprint density at radius 1 is 0.919 bits per heavy atom. The molecule has 2 heterocycles. The van der Waals surface area contributed by atoms with Gasteiger partial charge in [-0.3, -0.25) is 38.6 Å². The first-order valence-electron chi connectivity index (χ1n) is 21.4. The smallest absolute Gasteiger partial charge is 0.329 e. The average Bonchev–Trinajstić information content (AvgIpc) is 3.21. The Balaban J connectivity index is 2.26. The van der Waals surface area contributed by atoms with Gasteiger partial charge in [-0.25, -0.2) is 10.2 Å². The van der Waals surface area contributed by atoms with Gasteiger partial charge in [0.15, 0.2) is 0 Å². The summed E-state index contributed by atoms with van der Waals surface area (Å²) in [5.74, 6) is -6.61. The van der Waals surface area contributed by atoms with Crippen LogP contribution in [0.3, 0.4) is 0 Å². The molecule has 19 heteroatoms. The Hall–Kier alpha value is -5.30. The molecule has 1 aromatic rings. The Bertz CT molecular complexity index is 1740. The van der Waals surface area contributed by atoms with Crippen LogP contribution in [0.15, 0.2) is 24.3 Å². The van der Waals surface area contributed by atoms with Gasteiger partial charge in [0.1, 0.15) is 54.1 Å². The topological polar surface area (TPSA) is 254 Å². The van der Waals surface area contributed by atoms with Gasteiger partial charge in [0.2, 0.25) is 35.9 Å². The van der Waals surface area contributed by atoms with Crippen LogP contribution in [0.1, 0.15) is 87.1 Å². The predicted molar refractivity (Wildman–Crippen MR) is 227 cm³/mol. The molecule has 10 atom stereocenters. The first-order chi connectivity index (χ1) is 29.1. The summed E-state index contributed by atoms with van der Waals surface area (Å²) >= 11 is 0. The molecular formula is C43H68N8O11. The minimum atomic E-state index is -1.64. The molecule has 1 aromatic carbocycles. The van der Waals surface area contributed by atoms with E-state index in [0.29, 0.717) is 24.1 Å². The number of esters is 1. The Labute approximate surface area is 364 Å². The van der Waals surface area contributed by atoms with Crippen molar-refractivity contribution in [2.24, 2.45) is 23.7 Å². The van der Waals surface area contributed by atoms with Crippen molar-refractivity contribution in [1.29, 1.82) is 0 Å². The minimum Gasteiger partial charge on any atom is -0.497 e. The minimum absolute atomic E-state index is 0.0920. The zero-order valence-electron chi connectivity index (χ0n) is 37.9. The van der Waals surface area contributed by atoms with Crippen molar-refractivity contribution in [3.63, 3.8) is 0 Å². The van der Waals surface area contributed by atoms with E-state index in [1.54, 1.807) is 58.9 Å². The number of amides is 7. The lowest BCUT2D eigenvalue weighted by Gasteiger charge is -2.40. The molecule has 62 heavy (non-hydrogen) atoms. The van der Waals surface area contributed by atoms with E-state index in [-0.39, 0.29) is 37.6 Å². The van der Waals surface area contributed by atoms with Crippen molar-refractivity contribution in [3.8, 4) is 5.75 Å². The second kappa shape index (κ2) is 23.2. The van der Waals surface area contributed by atoms with Crippen LogP contribution in [0.5, 0.6) is 5.75 Å². The Morgan fingerprint density at radius 2 is 1.55 bits per heavy atom. The number of hydrogen-bond acceptors (Lipinski definition) is 12. The van der Waals surface area contributed by atoms with E-state index < -0.39 is 108 Å². The van der Waals surface area contributed by atoms with Gasteiger partial charge >= 0.3 is 5.97 Å². The summed E-state index contributed by atoms with van der Waals surface area (Å²) in [5.41, 5.74) is 3.41. The molecule has 0 unspecified atom stereocenters. The predicted octanol–water partition coefficient (Wildman–Crippen LogP) is -0.0656. The van der Waals surface area contributed by atoms with E-state index in [2.05, 4.69) is 32.0 Å². The number of carbonyl (C=O) groups excluding carboxylic acids is 8. The molecule has 346 valence electrons. The molecule has 0 spiro atoms. The lowest BCUT2D eigenvalue weighted by molar-refractivity contribution is -0.163. The second-order valence-electron chi connectivity index (χ2n) is 17.4. The molecule has 0 bridgehead atoms. The molecule has 7 N–H and O–H groups in total. The fraction of sp³-hybridized carbons (Fsp3) is 0.674. The number of nitrogens with zero attached hydrogens (tertiary/aromatic N) is 2. The maximum absolute atomic E-state index is 14.6. The van der Waals surface area contributed by atoms with Crippen molar-refractivity contribution in [2.75, 3.05) is 20.7 Å². The van der Waals surface area contributed by atoms with Gasteiger partial charge in [-0.1, -0.05) is 73.9 Å². The van der Waals surface area contributed by atoms with Crippen LogP contribution in [-0.4, -0.2) is 138 Å². The number of hydrazine groups is 1. The zero-order chi connectivity index (χ0) is 46.6. The van der Waals surface area contributed by atoms with Gasteiger partial charge in [-0.15, -0.1) is 0 Å². The van der Waals surface area contributed by atoms with Crippen LogP contribution in [-0.2, 0) is 49.5 Å². The number of aliphatic hydroxyl groups is 1. The quantitative estimate of drug-likeness (QED) is 0.102. The van der Waals surface area contributed by atoms with Gasteiger partial charge in [-0.2, -0.15) is 0 Å². The summed E-state index contributed by atoms with van der Waals surface area (Å²) in [4.78, 5) is 113. The van der Waals surface area contributed by atoms with Crippen LogP contribution in [0, 0.1) is 23.7 Å². The van der Waals surface area contributed by atoms with E-state index in [0.717, 1.165) is 5.01 Å². The molecular weight excluding hydrogens is 805 g/mol. The largest absolute Gasteiger partial charge is 0.497 e. The van der Waals surface area contributed by atoms with E-state index in [9.17, 15) is 43.5 Å². The second-order valence-corrected chi connectivity index (χ2v) is 17.4. The van der Waals surface area contributed by atoms with Gasteiger partial charge in [-0.05, 0) is 54.7 Å². The number of cyclic esters (lactones) is 1. The summed E-state index contributed by atoms with van der Waals surface area (Å²) in [6, 6.07) is -2.45. The highest BCUT2D eigenvalue weighted by Crippen LogP contribution is 2.21. The zero-order valence-corrected chi connectivity index (χ0v) is 37.9. The van der Waals surface area contributed by atoms with Crippen molar-refractivity contribution < 1.29 is 52.9 Å². The lowest BCUT2D eigenvalue weighted by atomic mass is 9.97. The lowest BCUT2D eigenvalue weighted by Crippen LogP contribution is -2.67. The van der Waals surface area contributed by atoms with Crippen LogP contribution in [0.2, 0.25) is 0 Å². The number of nitrogens with one attached hydrogen (secondary N) is 6. The maximum Gasteiger partial charge on any atom is 0.329 e. The summed E-state index contributed by atoms with van der Waals surface area (Å²) in [5, 5.41) is 25.1. The van der Waals surface area contributed by atoms with Crippen LogP contribution < -0.4 is 36.7 Å². The highest BCUT2D eigenvalue weighted by atomic mass is 16.5. The molecule has 0 saturated carbocycles. The van der Waals surface area contributed by atoms with Crippen LogP contribution in [0.25, 0.3) is 0 Å². The van der Waals surface area contributed by atoms with Gasteiger partial charge in [0.05, 0.1) is 13.2 Å². The van der Waals surface area contributed by atoms with Crippen LogP contribution >= 0.6 is 0 Å². The number of carbonyl (C=O) groups is 8. The van der Waals surface area contributed by atoms with E-state index in [1.165, 1.54) is 26.0 Å². The van der Waals surface area contributed by atoms with Gasteiger partial charge < -0.3 is 46.1 Å². The summed E-state index contributed by atoms with van der Waals surface area (Å²) in [6.07, 6.45) is -1.78. The summed E-state index contributed by atoms with van der Waals surface area (Å²) in [6.45, 7) is 15.3. The number of hydrogen-bond donors (Lipinski definition) is 7. The molecule has 0 radical (unpaired) electrons. The molecule has 0 aliphatic carbocycles. The van der Waals surface area contributed by atoms with Crippen molar-refractivity contribution in [2.45, 2.75) is 142 Å². The highest BCUT2D eigenvalue weighted by molar-refractivity contribution is 5.98. The molecule has 2 aliphatic heterocycles. The monoisotopic (exact) mass is 873 g/mol. The first-order valence-corrected chi connectivity index (χ1v) is 21.4. The first kappa shape index (κ1) is 51.1. The number of β-amino-alcohol motifs (C(OH)–C–C–N with tert-alkyl or cyclic N) is 1. The van der Waals surface area contributed by atoms with Gasteiger partial charge in [0, 0.05) is 26.4 Å².